The lowest BCUT2D eigenvalue weighted by Crippen LogP contribution is -2.46. The highest BCUT2D eigenvalue weighted by Crippen LogP contribution is 2.69. The monoisotopic (exact) mass is 496 g/mol. The molecule has 184 valence electrons. The van der Waals surface area contributed by atoms with Gasteiger partial charge in [-0.05, 0) is 46.7 Å². The molecular formula is C27H29ClN2O5. The molecule has 8 heteroatoms. The van der Waals surface area contributed by atoms with E-state index in [1.54, 1.807) is 24.3 Å². The lowest BCUT2D eigenvalue weighted by molar-refractivity contribution is -0.141. The van der Waals surface area contributed by atoms with Crippen LogP contribution in [0, 0.1) is 16.7 Å². The van der Waals surface area contributed by atoms with Crippen molar-refractivity contribution in [2.45, 2.75) is 53.6 Å². The lowest BCUT2D eigenvalue weighted by Gasteiger charge is -2.29. The van der Waals surface area contributed by atoms with Gasteiger partial charge in [-0.2, -0.15) is 0 Å². The largest absolute Gasteiger partial charge is 0.427 e. The lowest BCUT2D eigenvalue weighted by atomic mass is 10.0. The summed E-state index contributed by atoms with van der Waals surface area (Å²) in [5.74, 6) is -1.45. The first-order chi connectivity index (χ1) is 16.4. The number of hydrogen-bond donors (Lipinski definition) is 0. The van der Waals surface area contributed by atoms with Crippen LogP contribution >= 0.6 is 11.6 Å². The van der Waals surface area contributed by atoms with Crippen molar-refractivity contribution in [3.8, 4) is 5.75 Å². The molecule has 1 aliphatic heterocycles. The Morgan fingerprint density at radius 2 is 1.63 bits per heavy atom. The number of esters is 1. The fraction of sp³-hybridized carbons (Fsp3) is 0.407. The third-order valence-electron chi connectivity index (χ3n) is 7.70. The molecule has 1 saturated carbocycles. The summed E-state index contributed by atoms with van der Waals surface area (Å²) in [6.45, 7) is 9.59. The number of benzene rings is 2. The SMILES string of the molecule is CC(=O)Oc1ccc(N2C(=O)CC(N(Cc3ccccc3Cl)C(=O)C3C(C)(C)C3(C)C)C2=O)cc1. The number of imide groups is 1. The van der Waals surface area contributed by atoms with E-state index >= 15 is 0 Å². The number of anilines is 1. The molecule has 0 aromatic heterocycles. The first kappa shape index (κ1) is 24.9. The molecule has 2 aliphatic rings. The van der Waals surface area contributed by atoms with Crippen LogP contribution in [0.5, 0.6) is 5.75 Å². The van der Waals surface area contributed by atoms with Gasteiger partial charge in [0.15, 0.2) is 0 Å². The van der Waals surface area contributed by atoms with Gasteiger partial charge in [-0.1, -0.05) is 57.5 Å². The molecule has 0 bridgehead atoms. The van der Waals surface area contributed by atoms with Crippen molar-refractivity contribution in [3.63, 3.8) is 0 Å². The van der Waals surface area contributed by atoms with Gasteiger partial charge in [0.05, 0.1) is 12.1 Å². The Morgan fingerprint density at radius 1 is 1.03 bits per heavy atom. The van der Waals surface area contributed by atoms with Crippen LogP contribution in [-0.2, 0) is 25.7 Å². The molecule has 1 atom stereocenters. The molecule has 0 radical (unpaired) electrons. The van der Waals surface area contributed by atoms with Crippen LogP contribution in [0.4, 0.5) is 5.69 Å². The van der Waals surface area contributed by atoms with Gasteiger partial charge in [0.2, 0.25) is 11.8 Å². The number of carbonyl (C=O) groups excluding carboxylic acids is 4. The summed E-state index contributed by atoms with van der Waals surface area (Å²) in [4.78, 5) is 54.2. The fourth-order valence-corrected chi connectivity index (χ4v) is 5.29. The smallest absolute Gasteiger partial charge is 0.308 e. The van der Waals surface area contributed by atoms with Crippen LogP contribution in [-0.4, -0.2) is 34.6 Å². The Kier molecular flexibility index (Phi) is 6.26. The second-order valence-corrected chi connectivity index (χ2v) is 10.7. The highest BCUT2D eigenvalue weighted by molar-refractivity contribution is 6.31. The molecule has 1 heterocycles. The van der Waals surface area contributed by atoms with Crippen LogP contribution in [0.15, 0.2) is 48.5 Å². The number of amides is 3. The van der Waals surface area contributed by atoms with Crippen molar-refractivity contribution in [1.82, 2.24) is 4.90 Å². The molecule has 2 aromatic rings. The van der Waals surface area contributed by atoms with Crippen molar-refractivity contribution < 1.29 is 23.9 Å². The van der Waals surface area contributed by atoms with E-state index in [0.717, 1.165) is 4.90 Å². The van der Waals surface area contributed by atoms with Gasteiger partial charge in [-0.15, -0.1) is 0 Å². The van der Waals surface area contributed by atoms with E-state index in [1.807, 2.05) is 39.8 Å². The van der Waals surface area contributed by atoms with Gasteiger partial charge in [0.1, 0.15) is 11.8 Å². The van der Waals surface area contributed by atoms with Gasteiger partial charge in [0.25, 0.3) is 5.91 Å². The van der Waals surface area contributed by atoms with Gasteiger partial charge in [-0.25, -0.2) is 4.90 Å². The maximum Gasteiger partial charge on any atom is 0.308 e. The zero-order valence-electron chi connectivity index (χ0n) is 20.5. The minimum absolute atomic E-state index is 0.117. The Bertz CT molecular complexity index is 1190. The second-order valence-electron chi connectivity index (χ2n) is 10.3. The molecule has 2 aromatic carbocycles. The Balaban J connectivity index is 1.65. The molecule has 0 spiro atoms. The third-order valence-corrected chi connectivity index (χ3v) is 8.07. The van der Waals surface area contributed by atoms with Crippen molar-refractivity contribution >= 4 is 41.0 Å². The predicted octanol–water partition coefficient (Wildman–Crippen LogP) is 4.61. The normalized spacial score (nSPS) is 20.6. The summed E-state index contributed by atoms with van der Waals surface area (Å²) in [6.07, 6.45) is -0.117. The Morgan fingerprint density at radius 3 is 2.17 bits per heavy atom. The van der Waals surface area contributed by atoms with Crippen molar-refractivity contribution in [2.24, 2.45) is 16.7 Å². The summed E-state index contributed by atoms with van der Waals surface area (Å²) in [5.41, 5.74) is 0.598. The maximum atomic E-state index is 13.8. The number of rotatable bonds is 6. The Hall–Kier alpha value is -3.19. The number of carbonyl (C=O) groups is 4. The van der Waals surface area contributed by atoms with E-state index in [4.69, 9.17) is 16.3 Å². The summed E-state index contributed by atoms with van der Waals surface area (Å²) >= 11 is 6.39. The van der Waals surface area contributed by atoms with Crippen LogP contribution in [0.1, 0.15) is 46.6 Å². The minimum Gasteiger partial charge on any atom is -0.427 e. The maximum absolute atomic E-state index is 13.8. The number of hydrogen-bond acceptors (Lipinski definition) is 5. The number of ether oxygens (including phenoxy) is 1. The van der Waals surface area contributed by atoms with Crippen LogP contribution < -0.4 is 9.64 Å². The van der Waals surface area contributed by atoms with E-state index in [2.05, 4.69) is 0 Å². The van der Waals surface area contributed by atoms with Gasteiger partial charge in [-0.3, -0.25) is 19.2 Å². The molecule has 1 unspecified atom stereocenters. The van der Waals surface area contributed by atoms with Gasteiger partial charge < -0.3 is 9.64 Å². The zero-order chi connectivity index (χ0) is 25.7. The summed E-state index contributed by atoms with van der Waals surface area (Å²) < 4.78 is 5.03. The van der Waals surface area contributed by atoms with E-state index in [0.29, 0.717) is 22.0 Å². The van der Waals surface area contributed by atoms with E-state index < -0.39 is 23.8 Å². The van der Waals surface area contributed by atoms with Crippen molar-refractivity contribution in [1.29, 1.82) is 0 Å². The van der Waals surface area contributed by atoms with Crippen LogP contribution in [0.2, 0.25) is 5.02 Å². The topological polar surface area (TPSA) is 84.0 Å². The van der Waals surface area contributed by atoms with E-state index in [-0.39, 0.29) is 35.6 Å². The van der Waals surface area contributed by atoms with Crippen LogP contribution in [0.3, 0.4) is 0 Å². The Labute approximate surface area is 210 Å². The van der Waals surface area contributed by atoms with Crippen molar-refractivity contribution in [2.75, 3.05) is 4.90 Å². The molecular weight excluding hydrogens is 468 g/mol. The first-order valence-corrected chi connectivity index (χ1v) is 11.9. The molecule has 4 rings (SSSR count). The third kappa shape index (κ3) is 4.33. The molecule has 2 fully saturated rings. The van der Waals surface area contributed by atoms with E-state index in [9.17, 15) is 19.2 Å². The predicted molar refractivity (Wildman–Crippen MR) is 132 cm³/mol. The second kappa shape index (κ2) is 8.79. The van der Waals surface area contributed by atoms with Gasteiger partial charge >= 0.3 is 5.97 Å². The summed E-state index contributed by atoms with van der Waals surface area (Å²) in [5, 5.41) is 0.495. The summed E-state index contributed by atoms with van der Waals surface area (Å²) in [7, 11) is 0. The molecule has 7 nitrogen and oxygen atoms in total. The molecule has 0 N–H and O–H groups in total. The number of halogens is 1. The van der Waals surface area contributed by atoms with Crippen molar-refractivity contribution in [3.05, 3.63) is 59.1 Å². The number of nitrogens with zero attached hydrogens (tertiary/aromatic N) is 2. The first-order valence-electron chi connectivity index (χ1n) is 11.6. The standard InChI is InChI=1S/C27H29ClN2O5/c1-16(31)35-19-12-10-18(11-13-19)30-22(32)14-21(24(30)33)29(15-17-8-6-7-9-20(17)28)25(34)23-26(2,3)27(23,4)5/h6-13,21,23H,14-15H2,1-5H3. The molecule has 1 aliphatic carbocycles. The molecule has 35 heavy (non-hydrogen) atoms. The summed E-state index contributed by atoms with van der Waals surface area (Å²) in [6, 6.07) is 12.4. The van der Waals surface area contributed by atoms with Gasteiger partial charge in [0, 0.05) is 24.4 Å². The molecule has 1 saturated heterocycles. The average Bonchev–Trinajstić information content (AvgIpc) is 3.01. The van der Waals surface area contributed by atoms with Crippen LogP contribution in [0.25, 0.3) is 0 Å². The zero-order valence-corrected chi connectivity index (χ0v) is 21.3. The highest BCUT2D eigenvalue weighted by atomic mass is 35.5. The average molecular weight is 497 g/mol. The highest BCUT2D eigenvalue weighted by Gasteiger charge is 2.69. The molecule has 3 amide bonds. The fourth-order valence-electron chi connectivity index (χ4n) is 5.09. The quantitative estimate of drug-likeness (QED) is 0.331. The minimum atomic E-state index is -0.938. The van der Waals surface area contributed by atoms with E-state index in [1.165, 1.54) is 24.0 Å².